The van der Waals surface area contributed by atoms with Gasteiger partial charge in [-0.3, -0.25) is 9.89 Å². The number of aromatic amines is 1. The number of carboxylic acid groups (broad SMARTS) is 1. The number of aromatic nitrogens is 4. The zero-order chi connectivity index (χ0) is 24.2. The zero-order valence-corrected chi connectivity index (χ0v) is 20.3. The third kappa shape index (κ3) is 6.00. The Hall–Kier alpha value is -2.97. The summed E-state index contributed by atoms with van der Waals surface area (Å²) in [4.78, 5) is 22.5. The Kier molecular flexibility index (Phi) is 7.29. The van der Waals surface area contributed by atoms with Crippen molar-refractivity contribution in [2.75, 3.05) is 18.0 Å². The van der Waals surface area contributed by atoms with E-state index in [0.29, 0.717) is 22.6 Å². The number of ether oxygens (including phenoxy) is 1. The van der Waals surface area contributed by atoms with Gasteiger partial charge in [0.05, 0.1) is 12.2 Å². The number of anilines is 1. The Balaban J connectivity index is 1.11. The Morgan fingerprint density at radius 1 is 1.00 bits per heavy atom. The molecule has 0 bridgehead atoms. The lowest BCUT2D eigenvalue weighted by molar-refractivity contribution is -0.138. The molecule has 1 saturated carbocycles. The van der Waals surface area contributed by atoms with Gasteiger partial charge < -0.3 is 14.7 Å². The maximum absolute atomic E-state index is 10.9. The van der Waals surface area contributed by atoms with Gasteiger partial charge in [0.2, 0.25) is 0 Å². The standard InChI is InChI=1S/C26H30ClN5O3/c27-20-6-3-18(4-7-20)25-29-26(31-30-25)19-5-10-23(28-16-19)32-13-11-22(12-14-32)35-21-8-1-17(2-9-21)15-24(33)34/h3-7,10,16-17,21-22H,1-2,8-9,11-15H2,(H,33,34)(H,29,30,31). The molecule has 1 aromatic carbocycles. The summed E-state index contributed by atoms with van der Waals surface area (Å²) in [5.41, 5.74) is 1.79. The van der Waals surface area contributed by atoms with Crippen LogP contribution < -0.4 is 4.90 Å². The lowest BCUT2D eigenvalue weighted by Gasteiger charge is -2.36. The number of carbonyl (C=O) groups is 1. The predicted molar refractivity (Wildman–Crippen MR) is 134 cm³/mol. The van der Waals surface area contributed by atoms with Crippen molar-refractivity contribution in [3.8, 4) is 22.8 Å². The van der Waals surface area contributed by atoms with E-state index in [1.54, 1.807) is 0 Å². The number of nitrogens with one attached hydrogen (secondary N) is 1. The van der Waals surface area contributed by atoms with Crippen molar-refractivity contribution < 1.29 is 14.6 Å². The van der Waals surface area contributed by atoms with E-state index < -0.39 is 5.97 Å². The van der Waals surface area contributed by atoms with E-state index in [4.69, 9.17) is 21.4 Å². The van der Waals surface area contributed by atoms with E-state index in [1.165, 1.54) is 0 Å². The van der Waals surface area contributed by atoms with E-state index in [0.717, 1.165) is 68.6 Å². The van der Waals surface area contributed by atoms with Gasteiger partial charge in [0, 0.05) is 41.9 Å². The second kappa shape index (κ2) is 10.7. The molecule has 0 amide bonds. The topological polar surface area (TPSA) is 104 Å². The van der Waals surface area contributed by atoms with E-state index in [1.807, 2.05) is 42.6 Å². The van der Waals surface area contributed by atoms with Crippen LogP contribution in [0.3, 0.4) is 0 Å². The van der Waals surface area contributed by atoms with E-state index in [9.17, 15) is 4.79 Å². The highest BCUT2D eigenvalue weighted by Crippen LogP contribution is 2.31. The van der Waals surface area contributed by atoms with Gasteiger partial charge in [-0.15, -0.1) is 0 Å². The monoisotopic (exact) mass is 495 g/mol. The van der Waals surface area contributed by atoms with E-state index in [-0.39, 0.29) is 18.6 Å². The number of hydrogen-bond donors (Lipinski definition) is 2. The van der Waals surface area contributed by atoms with Crippen molar-refractivity contribution in [3.05, 3.63) is 47.6 Å². The molecular formula is C26H30ClN5O3. The number of pyridine rings is 1. The molecule has 3 aromatic rings. The van der Waals surface area contributed by atoms with Gasteiger partial charge in [0.15, 0.2) is 11.6 Å². The number of benzene rings is 1. The summed E-state index contributed by atoms with van der Waals surface area (Å²) in [5, 5.41) is 17.0. The van der Waals surface area contributed by atoms with Crippen LogP contribution in [-0.4, -0.2) is 56.5 Å². The highest BCUT2D eigenvalue weighted by molar-refractivity contribution is 6.30. The average Bonchev–Trinajstić information content (AvgIpc) is 3.36. The molecule has 0 atom stereocenters. The van der Waals surface area contributed by atoms with Crippen molar-refractivity contribution in [1.82, 2.24) is 20.2 Å². The van der Waals surface area contributed by atoms with Crippen LogP contribution in [0, 0.1) is 5.92 Å². The highest BCUT2D eigenvalue weighted by atomic mass is 35.5. The molecular weight excluding hydrogens is 466 g/mol. The van der Waals surface area contributed by atoms with Gasteiger partial charge in [-0.25, -0.2) is 9.97 Å². The molecule has 0 unspecified atom stereocenters. The fraction of sp³-hybridized carbons (Fsp3) is 0.462. The third-order valence-electron chi connectivity index (χ3n) is 7.02. The molecule has 184 valence electrons. The van der Waals surface area contributed by atoms with Crippen LogP contribution in [0.1, 0.15) is 44.9 Å². The number of piperidine rings is 1. The van der Waals surface area contributed by atoms with Gasteiger partial charge in [0.1, 0.15) is 5.82 Å². The molecule has 8 nitrogen and oxygen atoms in total. The van der Waals surface area contributed by atoms with Gasteiger partial charge in [-0.1, -0.05) is 11.6 Å². The minimum atomic E-state index is -0.688. The van der Waals surface area contributed by atoms with Crippen LogP contribution in [-0.2, 0) is 9.53 Å². The molecule has 0 radical (unpaired) electrons. The summed E-state index contributed by atoms with van der Waals surface area (Å²) in [5.74, 6) is 1.88. The molecule has 1 aliphatic carbocycles. The Bertz CT molecular complexity index is 1120. The van der Waals surface area contributed by atoms with Gasteiger partial charge in [0.25, 0.3) is 0 Å². The smallest absolute Gasteiger partial charge is 0.303 e. The summed E-state index contributed by atoms with van der Waals surface area (Å²) >= 11 is 5.97. The Morgan fingerprint density at radius 2 is 1.69 bits per heavy atom. The normalized spacial score (nSPS) is 21.2. The second-order valence-electron chi connectivity index (χ2n) is 9.48. The fourth-order valence-corrected chi connectivity index (χ4v) is 5.17. The minimum absolute atomic E-state index is 0.270. The van der Waals surface area contributed by atoms with Crippen LogP contribution in [0.15, 0.2) is 42.6 Å². The van der Waals surface area contributed by atoms with Crippen molar-refractivity contribution in [1.29, 1.82) is 0 Å². The maximum Gasteiger partial charge on any atom is 0.303 e. The fourth-order valence-electron chi connectivity index (χ4n) is 5.05. The van der Waals surface area contributed by atoms with Crippen molar-refractivity contribution in [3.63, 3.8) is 0 Å². The summed E-state index contributed by atoms with van der Waals surface area (Å²) in [7, 11) is 0. The molecule has 9 heteroatoms. The number of aliphatic carboxylic acids is 1. The first-order valence-electron chi connectivity index (χ1n) is 12.3. The van der Waals surface area contributed by atoms with Crippen LogP contribution in [0.5, 0.6) is 0 Å². The molecule has 2 fully saturated rings. The summed E-state index contributed by atoms with van der Waals surface area (Å²) in [6.07, 6.45) is 8.46. The zero-order valence-electron chi connectivity index (χ0n) is 19.6. The Morgan fingerprint density at radius 3 is 2.34 bits per heavy atom. The molecule has 35 heavy (non-hydrogen) atoms. The number of hydrogen-bond acceptors (Lipinski definition) is 6. The molecule has 2 aromatic heterocycles. The lowest BCUT2D eigenvalue weighted by Crippen LogP contribution is -2.39. The van der Waals surface area contributed by atoms with Crippen LogP contribution in [0.2, 0.25) is 5.02 Å². The number of halogens is 1. The maximum atomic E-state index is 10.9. The van der Waals surface area contributed by atoms with Crippen LogP contribution in [0.25, 0.3) is 22.8 Å². The van der Waals surface area contributed by atoms with Gasteiger partial charge in [-0.05, 0) is 80.8 Å². The van der Waals surface area contributed by atoms with Crippen LogP contribution >= 0.6 is 11.6 Å². The number of rotatable bonds is 7. The first-order valence-corrected chi connectivity index (χ1v) is 12.7. The summed E-state index contributed by atoms with van der Waals surface area (Å²) in [6, 6.07) is 11.5. The van der Waals surface area contributed by atoms with Gasteiger partial charge >= 0.3 is 5.97 Å². The highest BCUT2D eigenvalue weighted by Gasteiger charge is 2.28. The number of nitrogens with zero attached hydrogens (tertiary/aromatic N) is 4. The molecule has 2 aliphatic rings. The molecule has 3 heterocycles. The molecule has 1 saturated heterocycles. The van der Waals surface area contributed by atoms with E-state index in [2.05, 4.69) is 25.1 Å². The average molecular weight is 496 g/mol. The molecule has 1 aliphatic heterocycles. The summed E-state index contributed by atoms with van der Waals surface area (Å²) < 4.78 is 6.37. The van der Waals surface area contributed by atoms with Crippen molar-refractivity contribution in [2.45, 2.75) is 57.2 Å². The largest absolute Gasteiger partial charge is 0.481 e. The second-order valence-corrected chi connectivity index (χ2v) is 9.92. The lowest BCUT2D eigenvalue weighted by atomic mass is 9.85. The SMILES string of the molecule is O=C(O)CC1CCC(OC2CCN(c3ccc(-c4n[nH]c(-c5ccc(Cl)cc5)n4)cn3)CC2)CC1. The van der Waals surface area contributed by atoms with Crippen LogP contribution in [0.4, 0.5) is 5.82 Å². The van der Waals surface area contributed by atoms with Gasteiger partial charge in [-0.2, -0.15) is 5.10 Å². The predicted octanol–water partition coefficient (Wildman–Crippen LogP) is 5.21. The third-order valence-corrected chi connectivity index (χ3v) is 7.27. The molecule has 5 rings (SSSR count). The van der Waals surface area contributed by atoms with Crippen molar-refractivity contribution >= 4 is 23.4 Å². The molecule has 0 spiro atoms. The summed E-state index contributed by atoms with van der Waals surface area (Å²) in [6.45, 7) is 1.82. The first kappa shape index (κ1) is 23.8. The first-order chi connectivity index (χ1) is 17.0. The number of H-pyrrole nitrogens is 1. The van der Waals surface area contributed by atoms with Crippen molar-refractivity contribution in [2.24, 2.45) is 5.92 Å². The number of carboxylic acids is 1. The Labute approximate surface area is 209 Å². The van der Waals surface area contributed by atoms with E-state index >= 15 is 0 Å². The molecule has 2 N–H and O–H groups in total. The quantitative estimate of drug-likeness (QED) is 0.463. The minimum Gasteiger partial charge on any atom is -0.481 e.